The number of esters is 1. The number of aliphatic hydroxyl groups is 1. The van der Waals surface area contributed by atoms with Crippen molar-refractivity contribution in [3.63, 3.8) is 0 Å². The first-order valence-electron chi connectivity index (χ1n) is 13.7. The van der Waals surface area contributed by atoms with E-state index in [0.29, 0.717) is 56.0 Å². The van der Waals surface area contributed by atoms with Crippen LogP contribution in [0.25, 0.3) is 11.1 Å². The van der Waals surface area contributed by atoms with Crippen LogP contribution in [0.15, 0.2) is 67.0 Å². The third kappa shape index (κ3) is 7.19. The number of hydrogen-bond acceptors (Lipinski definition) is 6. The molecule has 0 aliphatic carbocycles. The second-order valence-corrected chi connectivity index (χ2v) is 11.0. The molecule has 232 valence electrons. The van der Waals surface area contributed by atoms with Crippen molar-refractivity contribution in [1.29, 1.82) is 0 Å². The van der Waals surface area contributed by atoms with Crippen LogP contribution in [0.3, 0.4) is 0 Å². The molecular formula is C31H33F6N3O3. The fourth-order valence-electron chi connectivity index (χ4n) is 5.25. The third-order valence-electron chi connectivity index (χ3n) is 7.47. The maximum Gasteiger partial charge on any atom is 0.430 e. The van der Waals surface area contributed by atoms with Crippen molar-refractivity contribution in [2.75, 3.05) is 19.6 Å². The monoisotopic (exact) mass is 609 g/mol. The molecule has 0 saturated carbocycles. The highest BCUT2D eigenvalue weighted by atomic mass is 19.4. The molecule has 1 atom stereocenters. The van der Waals surface area contributed by atoms with E-state index in [1.165, 1.54) is 0 Å². The number of nitrogens with zero attached hydrogens (tertiary/aromatic N) is 3. The van der Waals surface area contributed by atoms with Crippen LogP contribution in [0.4, 0.5) is 26.3 Å². The number of hydrogen-bond donors (Lipinski definition) is 1. The van der Waals surface area contributed by atoms with Gasteiger partial charge < -0.3 is 9.84 Å². The Morgan fingerprint density at radius 1 is 0.930 bits per heavy atom. The second-order valence-electron chi connectivity index (χ2n) is 11.0. The Morgan fingerprint density at radius 2 is 1.56 bits per heavy atom. The van der Waals surface area contributed by atoms with Crippen molar-refractivity contribution in [2.24, 2.45) is 0 Å². The minimum atomic E-state index is -5.95. The van der Waals surface area contributed by atoms with Crippen LogP contribution in [0.2, 0.25) is 0 Å². The number of halogens is 6. The predicted octanol–water partition coefficient (Wildman–Crippen LogP) is 6.01. The van der Waals surface area contributed by atoms with Crippen molar-refractivity contribution >= 4 is 5.97 Å². The Hall–Kier alpha value is -3.48. The summed E-state index contributed by atoms with van der Waals surface area (Å²) in [5, 5.41) is 9.66. The molecule has 43 heavy (non-hydrogen) atoms. The fourth-order valence-corrected chi connectivity index (χ4v) is 5.25. The van der Waals surface area contributed by atoms with E-state index in [0.717, 1.165) is 28.8 Å². The number of carbonyl (C=O) groups is 1. The first-order valence-corrected chi connectivity index (χ1v) is 13.7. The van der Waals surface area contributed by atoms with Crippen LogP contribution >= 0.6 is 0 Å². The van der Waals surface area contributed by atoms with Crippen LogP contribution in [0, 0.1) is 6.92 Å². The van der Waals surface area contributed by atoms with Gasteiger partial charge in [-0.2, -0.15) is 26.3 Å². The molecule has 1 aromatic heterocycles. The van der Waals surface area contributed by atoms with E-state index in [4.69, 9.17) is 4.74 Å². The first-order chi connectivity index (χ1) is 20.1. The summed E-state index contributed by atoms with van der Waals surface area (Å²) in [6, 6.07) is 12.4. The van der Waals surface area contributed by atoms with Crippen molar-refractivity contribution in [2.45, 2.75) is 64.0 Å². The molecule has 1 unspecified atom stereocenters. The lowest BCUT2D eigenvalue weighted by molar-refractivity contribution is -0.376. The number of aryl methyl sites for hydroxylation is 1. The van der Waals surface area contributed by atoms with Gasteiger partial charge in [-0.15, -0.1) is 0 Å². The largest absolute Gasteiger partial charge is 0.462 e. The van der Waals surface area contributed by atoms with E-state index in [-0.39, 0.29) is 12.1 Å². The molecule has 4 rings (SSSR count). The number of benzene rings is 2. The number of pyridine rings is 1. The Labute approximate surface area is 245 Å². The quantitative estimate of drug-likeness (QED) is 0.250. The van der Waals surface area contributed by atoms with Crippen molar-refractivity contribution < 1.29 is 41.0 Å². The zero-order chi connectivity index (χ0) is 31.6. The number of rotatable bonds is 8. The van der Waals surface area contributed by atoms with E-state index in [2.05, 4.69) is 14.8 Å². The van der Waals surface area contributed by atoms with Gasteiger partial charge in [-0.25, -0.2) is 0 Å². The molecule has 6 nitrogen and oxygen atoms in total. The SMILES string of the molecule is Cc1cc(CN2CCN(Cc3ccncc3)C(C(=O)OC(C)C)C2)ccc1-c1ccc(C(O)(C(F)(F)F)C(F)(F)F)cc1. The Bertz CT molecular complexity index is 1380. The van der Waals surface area contributed by atoms with Crippen molar-refractivity contribution in [3.8, 4) is 11.1 Å². The van der Waals surface area contributed by atoms with E-state index in [9.17, 15) is 36.2 Å². The van der Waals surface area contributed by atoms with Gasteiger partial charge in [0.1, 0.15) is 6.04 Å². The lowest BCUT2D eigenvalue weighted by Crippen LogP contribution is -2.56. The molecule has 0 bridgehead atoms. The summed E-state index contributed by atoms with van der Waals surface area (Å²) in [4.78, 5) is 21.3. The number of carbonyl (C=O) groups excluding carboxylic acids is 1. The molecule has 1 fully saturated rings. The molecule has 1 aliphatic heterocycles. The molecule has 1 aliphatic rings. The summed E-state index contributed by atoms with van der Waals surface area (Å²) in [5.41, 5.74) is -2.52. The van der Waals surface area contributed by atoms with Crippen LogP contribution in [-0.2, 0) is 28.2 Å². The Morgan fingerprint density at radius 3 is 2.12 bits per heavy atom. The maximum absolute atomic E-state index is 13.2. The number of ether oxygens (including phenoxy) is 1. The van der Waals surface area contributed by atoms with Crippen LogP contribution in [-0.4, -0.2) is 70.0 Å². The van der Waals surface area contributed by atoms with E-state index in [1.54, 1.807) is 39.2 Å². The van der Waals surface area contributed by atoms with Gasteiger partial charge in [-0.3, -0.25) is 19.6 Å². The first kappa shape index (κ1) is 32.4. The topological polar surface area (TPSA) is 65.9 Å². The van der Waals surface area contributed by atoms with Crippen LogP contribution < -0.4 is 0 Å². The van der Waals surface area contributed by atoms with E-state index in [1.807, 2.05) is 24.3 Å². The molecule has 0 amide bonds. The Kier molecular flexibility index (Phi) is 9.53. The summed E-state index contributed by atoms with van der Waals surface area (Å²) in [7, 11) is 0. The van der Waals surface area contributed by atoms with Crippen molar-refractivity contribution in [1.82, 2.24) is 14.8 Å². The van der Waals surface area contributed by atoms with Gasteiger partial charge >= 0.3 is 18.3 Å². The lowest BCUT2D eigenvalue weighted by Gasteiger charge is -2.40. The summed E-state index contributed by atoms with van der Waals surface area (Å²) in [6.07, 6.45) is -8.74. The lowest BCUT2D eigenvalue weighted by atomic mass is 9.90. The highest BCUT2D eigenvalue weighted by Crippen LogP contribution is 2.50. The second kappa shape index (κ2) is 12.6. The molecule has 1 N–H and O–H groups in total. The summed E-state index contributed by atoms with van der Waals surface area (Å²) in [5.74, 6) is -0.299. The maximum atomic E-state index is 13.2. The van der Waals surface area contributed by atoms with Gasteiger partial charge in [0.15, 0.2) is 0 Å². The smallest absolute Gasteiger partial charge is 0.430 e. The van der Waals surface area contributed by atoms with E-state index < -0.39 is 29.6 Å². The normalized spacial score (nSPS) is 17.3. The standard InChI is InChI=1S/C31H33F6N3O3/c1-20(2)43-28(41)27-19-39(14-15-40(27)18-22-10-12-38-13-11-22)17-23-4-9-26(21(3)16-23)24-5-7-25(8-6-24)29(42,30(32,33)34)31(35,36)37/h4-13,16,20,27,42H,14-15,17-19H2,1-3H3. The molecule has 1 saturated heterocycles. The number of alkyl halides is 6. The molecule has 12 heteroatoms. The summed E-state index contributed by atoms with van der Waals surface area (Å²) in [6.45, 7) is 8.27. The summed E-state index contributed by atoms with van der Waals surface area (Å²) >= 11 is 0. The average Bonchev–Trinajstić information content (AvgIpc) is 2.92. The zero-order valence-corrected chi connectivity index (χ0v) is 23.9. The van der Waals surface area contributed by atoms with Gasteiger partial charge in [0.25, 0.3) is 5.60 Å². The van der Waals surface area contributed by atoms with Gasteiger partial charge in [0, 0.05) is 50.7 Å². The summed E-state index contributed by atoms with van der Waals surface area (Å²) < 4.78 is 85.0. The predicted molar refractivity (Wildman–Crippen MR) is 148 cm³/mol. The molecule has 3 aromatic rings. The van der Waals surface area contributed by atoms with Gasteiger partial charge in [-0.1, -0.05) is 42.5 Å². The molecule has 0 spiro atoms. The molecule has 2 aromatic carbocycles. The van der Waals surface area contributed by atoms with E-state index >= 15 is 0 Å². The molecule has 0 radical (unpaired) electrons. The minimum absolute atomic E-state index is 0.259. The van der Waals surface area contributed by atoms with Gasteiger partial charge in [0.2, 0.25) is 0 Å². The van der Waals surface area contributed by atoms with Crippen LogP contribution in [0.1, 0.15) is 36.1 Å². The number of piperazine rings is 1. The highest BCUT2D eigenvalue weighted by Gasteiger charge is 2.71. The van der Waals surface area contributed by atoms with Crippen molar-refractivity contribution in [3.05, 3.63) is 89.2 Å². The fraction of sp³-hybridized carbons (Fsp3) is 0.419. The molecular weight excluding hydrogens is 576 g/mol. The number of aromatic nitrogens is 1. The van der Waals surface area contributed by atoms with Gasteiger partial charge in [0.05, 0.1) is 6.10 Å². The van der Waals surface area contributed by atoms with Crippen LogP contribution in [0.5, 0.6) is 0 Å². The zero-order valence-electron chi connectivity index (χ0n) is 23.9. The Balaban J connectivity index is 1.49. The highest BCUT2D eigenvalue weighted by molar-refractivity contribution is 5.76. The third-order valence-corrected chi connectivity index (χ3v) is 7.47. The van der Waals surface area contributed by atoms with Gasteiger partial charge in [-0.05, 0) is 60.7 Å². The molecule has 2 heterocycles. The minimum Gasteiger partial charge on any atom is -0.462 e. The average molecular weight is 610 g/mol.